The number of carboxylic acids is 1. The molecule has 2 amide bonds. The van der Waals surface area contributed by atoms with Crippen molar-refractivity contribution in [2.24, 2.45) is 11.8 Å². The molecule has 3 N–H and O–H groups in total. The third-order valence-electron chi connectivity index (χ3n) is 4.37. The molecule has 0 spiro atoms. The molecule has 2 unspecified atom stereocenters. The van der Waals surface area contributed by atoms with Crippen molar-refractivity contribution in [3.8, 4) is 0 Å². The van der Waals surface area contributed by atoms with Crippen LogP contribution in [0.25, 0.3) is 0 Å². The molecule has 1 saturated carbocycles. The normalized spacial score (nSPS) is 25.3. The first kappa shape index (κ1) is 14.9. The van der Waals surface area contributed by atoms with Crippen molar-refractivity contribution in [2.75, 3.05) is 13.1 Å². The molecule has 0 bridgehead atoms. The number of allylic oxidation sites excluding steroid dienone is 1. The van der Waals surface area contributed by atoms with Gasteiger partial charge >= 0.3 is 12.0 Å². The Labute approximate surface area is 119 Å². The molecule has 0 aromatic carbocycles. The number of hydrogen-bond acceptors (Lipinski definition) is 2. The number of rotatable bonds is 6. The van der Waals surface area contributed by atoms with Crippen molar-refractivity contribution in [3.63, 3.8) is 0 Å². The number of amides is 2. The lowest BCUT2D eigenvalue weighted by Gasteiger charge is -2.16. The highest BCUT2D eigenvalue weighted by atomic mass is 16.4. The van der Waals surface area contributed by atoms with Crippen molar-refractivity contribution in [1.82, 2.24) is 10.6 Å². The fraction of sp³-hybridized carbons (Fsp3) is 0.733. The summed E-state index contributed by atoms with van der Waals surface area (Å²) in [6.45, 7) is 1.12. The Hall–Kier alpha value is -1.52. The van der Waals surface area contributed by atoms with Crippen LogP contribution in [0.3, 0.4) is 0 Å². The minimum Gasteiger partial charge on any atom is -0.481 e. The first-order valence-electron chi connectivity index (χ1n) is 7.59. The van der Waals surface area contributed by atoms with Crippen molar-refractivity contribution < 1.29 is 14.7 Å². The zero-order chi connectivity index (χ0) is 14.4. The Kier molecular flexibility index (Phi) is 5.44. The Morgan fingerprint density at radius 1 is 1.25 bits per heavy atom. The quantitative estimate of drug-likeness (QED) is 0.653. The smallest absolute Gasteiger partial charge is 0.314 e. The van der Waals surface area contributed by atoms with Crippen LogP contribution >= 0.6 is 0 Å². The van der Waals surface area contributed by atoms with E-state index >= 15 is 0 Å². The molecule has 0 aromatic heterocycles. The monoisotopic (exact) mass is 280 g/mol. The molecule has 20 heavy (non-hydrogen) atoms. The Morgan fingerprint density at radius 2 is 2.10 bits per heavy atom. The van der Waals surface area contributed by atoms with Crippen LogP contribution in [0.4, 0.5) is 4.79 Å². The van der Waals surface area contributed by atoms with Crippen molar-refractivity contribution in [3.05, 3.63) is 11.6 Å². The van der Waals surface area contributed by atoms with Gasteiger partial charge in [0, 0.05) is 13.1 Å². The van der Waals surface area contributed by atoms with E-state index in [1.807, 2.05) is 0 Å². The second-order valence-corrected chi connectivity index (χ2v) is 5.78. The van der Waals surface area contributed by atoms with Crippen LogP contribution < -0.4 is 10.6 Å². The molecule has 1 fully saturated rings. The summed E-state index contributed by atoms with van der Waals surface area (Å²) in [5, 5.41) is 14.7. The fourth-order valence-corrected chi connectivity index (χ4v) is 3.19. The number of carbonyl (C=O) groups is 2. The Bertz CT molecular complexity index is 393. The topological polar surface area (TPSA) is 78.4 Å². The van der Waals surface area contributed by atoms with Gasteiger partial charge in [-0.2, -0.15) is 0 Å². The molecule has 0 aliphatic heterocycles. The van der Waals surface area contributed by atoms with Crippen molar-refractivity contribution in [1.29, 1.82) is 0 Å². The number of hydrogen-bond donors (Lipinski definition) is 3. The van der Waals surface area contributed by atoms with Gasteiger partial charge in [-0.1, -0.05) is 18.1 Å². The Balaban J connectivity index is 1.61. The second kappa shape index (κ2) is 7.31. The SMILES string of the molecule is O=C(NCCC1=CCCC1)NCC1CCCC1C(=O)O. The lowest BCUT2D eigenvalue weighted by Crippen LogP contribution is -2.40. The predicted molar refractivity (Wildman–Crippen MR) is 76.4 cm³/mol. The average molecular weight is 280 g/mol. The molecule has 2 aliphatic carbocycles. The molecular weight excluding hydrogens is 256 g/mol. The van der Waals surface area contributed by atoms with E-state index in [0.29, 0.717) is 13.1 Å². The molecule has 2 rings (SSSR count). The molecule has 0 aromatic rings. The van der Waals surface area contributed by atoms with Gasteiger partial charge in [-0.15, -0.1) is 0 Å². The lowest BCUT2D eigenvalue weighted by molar-refractivity contribution is -0.142. The highest BCUT2D eigenvalue weighted by Crippen LogP contribution is 2.31. The van der Waals surface area contributed by atoms with Crippen LogP contribution in [0.5, 0.6) is 0 Å². The van der Waals surface area contributed by atoms with Gasteiger partial charge in [0.2, 0.25) is 0 Å². The van der Waals surface area contributed by atoms with Crippen LogP contribution in [0, 0.1) is 11.8 Å². The van der Waals surface area contributed by atoms with Crippen LogP contribution in [0.1, 0.15) is 44.9 Å². The molecule has 2 aliphatic rings. The molecule has 5 nitrogen and oxygen atoms in total. The maximum atomic E-state index is 11.7. The zero-order valence-electron chi connectivity index (χ0n) is 11.9. The van der Waals surface area contributed by atoms with E-state index in [2.05, 4.69) is 16.7 Å². The largest absolute Gasteiger partial charge is 0.481 e. The number of carbonyl (C=O) groups excluding carboxylic acids is 1. The second-order valence-electron chi connectivity index (χ2n) is 5.78. The van der Waals surface area contributed by atoms with Gasteiger partial charge in [0.25, 0.3) is 0 Å². The summed E-state index contributed by atoms with van der Waals surface area (Å²) in [5.41, 5.74) is 1.44. The summed E-state index contributed by atoms with van der Waals surface area (Å²) in [4.78, 5) is 22.7. The van der Waals surface area contributed by atoms with E-state index in [9.17, 15) is 9.59 Å². The van der Waals surface area contributed by atoms with E-state index in [-0.39, 0.29) is 17.9 Å². The maximum Gasteiger partial charge on any atom is 0.314 e. The maximum absolute atomic E-state index is 11.7. The molecule has 2 atom stereocenters. The van der Waals surface area contributed by atoms with E-state index in [1.54, 1.807) is 0 Å². The van der Waals surface area contributed by atoms with Crippen LogP contribution in [-0.2, 0) is 4.79 Å². The van der Waals surface area contributed by atoms with E-state index in [4.69, 9.17) is 5.11 Å². The van der Waals surface area contributed by atoms with Gasteiger partial charge in [0.05, 0.1) is 5.92 Å². The number of urea groups is 1. The third-order valence-corrected chi connectivity index (χ3v) is 4.37. The minimum absolute atomic E-state index is 0.0794. The van der Waals surface area contributed by atoms with Crippen LogP contribution in [-0.4, -0.2) is 30.2 Å². The van der Waals surface area contributed by atoms with Gasteiger partial charge in [-0.25, -0.2) is 4.79 Å². The first-order valence-corrected chi connectivity index (χ1v) is 7.59. The first-order chi connectivity index (χ1) is 9.66. The molecule has 112 valence electrons. The van der Waals surface area contributed by atoms with Crippen LogP contribution in [0.15, 0.2) is 11.6 Å². The van der Waals surface area contributed by atoms with E-state index < -0.39 is 5.97 Å². The standard InChI is InChI=1S/C15H24N2O3/c18-14(19)13-7-3-6-12(13)10-17-15(20)16-9-8-11-4-1-2-5-11/h4,12-13H,1-3,5-10H2,(H,18,19)(H2,16,17,20). The van der Waals surface area contributed by atoms with Crippen LogP contribution in [0.2, 0.25) is 0 Å². The Morgan fingerprint density at radius 3 is 2.80 bits per heavy atom. The van der Waals surface area contributed by atoms with E-state index in [0.717, 1.165) is 32.1 Å². The summed E-state index contributed by atoms with van der Waals surface area (Å²) < 4.78 is 0. The lowest BCUT2D eigenvalue weighted by atomic mass is 9.96. The number of carboxylic acid groups (broad SMARTS) is 1. The number of nitrogens with one attached hydrogen (secondary N) is 2. The molecule has 0 radical (unpaired) electrons. The minimum atomic E-state index is -0.733. The molecule has 0 saturated heterocycles. The zero-order valence-corrected chi connectivity index (χ0v) is 11.9. The van der Waals surface area contributed by atoms with Gasteiger partial charge in [-0.05, 0) is 44.4 Å². The van der Waals surface area contributed by atoms with E-state index in [1.165, 1.54) is 18.4 Å². The summed E-state index contributed by atoms with van der Waals surface area (Å²) >= 11 is 0. The number of aliphatic carboxylic acids is 1. The highest BCUT2D eigenvalue weighted by Gasteiger charge is 2.32. The summed E-state index contributed by atoms with van der Waals surface area (Å²) in [6, 6.07) is -0.181. The molecule has 0 heterocycles. The fourth-order valence-electron chi connectivity index (χ4n) is 3.19. The van der Waals surface area contributed by atoms with Gasteiger partial charge in [0.1, 0.15) is 0 Å². The summed E-state index contributed by atoms with van der Waals surface area (Å²) in [5.74, 6) is -0.947. The summed E-state index contributed by atoms with van der Waals surface area (Å²) in [7, 11) is 0. The van der Waals surface area contributed by atoms with Gasteiger partial charge in [0.15, 0.2) is 0 Å². The molecule has 5 heteroatoms. The average Bonchev–Trinajstić information content (AvgIpc) is 3.07. The summed E-state index contributed by atoms with van der Waals surface area (Å²) in [6.07, 6.45) is 9.32. The van der Waals surface area contributed by atoms with Crippen molar-refractivity contribution >= 4 is 12.0 Å². The van der Waals surface area contributed by atoms with Gasteiger partial charge in [-0.3, -0.25) is 4.79 Å². The van der Waals surface area contributed by atoms with Crippen molar-refractivity contribution in [2.45, 2.75) is 44.9 Å². The molecular formula is C15H24N2O3. The highest BCUT2D eigenvalue weighted by molar-refractivity contribution is 5.74. The van der Waals surface area contributed by atoms with Gasteiger partial charge < -0.3 is 15.7 Å². The predicted octanol–water partition coefficient (Wildman–Crippen LogP) is 2.29. The third kappa shape index (κ3) is 4.25.